The van der Waals surface area contributed by atoms with E-state index in [9.17, 15) is 5.11 Å². The Labute approximate surface area is 98.3 Å². The zero-order chi connectivity index (χ0) is 11.6. The molecule has 0 unspecified atom stereocenters. The Morgan fingerprint density at radius 2 is 1.81 bits per heavy atom. The lowest BCUT2D eigenvalue weighted by Gasteiger charge is -2.04. The fourth-order valence-corrected chi connectivity index (χ4v) is 1.74. The second-order valence-corrected chi connectivity index (χ2v) is 3.99. The van der Waals surface area contributed by atoms with E-state index in [1.54, 1.807) is 6.07 Å². The summed E-state index contributed by atoms with van der Waals surface area (Å²) >= 11 is 0. The molecule has 16 heavy (non-hydrogen) atoms. The maximum Gasteiger partial charge on any atom is 0.118 e. The van der Waals surface area contributed by atoms with Crippen molar-refractivity contribution >= 4 is 0 Å². The van der Waals surface area contributed by atoms with Gasteiger partial charge in [-0.1, -0.05) is 31.0 Å². The standard InChI is InChI=1S/C14H22O2/c1-2-16-12-8-4-3-5-9-13-10-6-7-11-14(13)15/h6-7,10-11,15H,2-5,8-9,12H2,1H3. The lowest BCUT2D eigenvalue weighted by atomic mass is 10.1. The monoisotopic (exact) mass is 222 g/mol. The molecule has 0 aliphatic rings. The smallest absolute Gasteiger partial charge is 0.118 e. The highest BCUT2D eigenvalue weighted by Gasteiger charge is 1.98. The van der Waals surface area contributed by atoms with Crippen LogP contribution in [0.25, 0.3) is 0 Å². The van der Waals surface area contributed by atoms with E-state index >= 15 is 0 Å². The molecule has 1 aromatic rings. The van der Waals surface area contributed by atoms with E-state index in [4.69, 9.17) is 4.74 Å². The number of hydrogen-bond donors (Lipinski definition) is 1. The summed E-state index contributed by atoms with van der Waals surface area (Å²) in [4.78, 5) is 0. The van der Waals surface area contributed by atoms with Gasteiger partial charge in [0.05, 0.1) is 0 Å². The molecule has 0 aliphatic heterocycles. The van der Waals surface area contributed by atoms with Crippen LogP contribution in [0.2, 0.25) is 0 Å². The Kier molecular flexibility index (Phi) is 6.66. The third-order valence-electron chi connectivity index (χ3n) is 2.68. The molecule has 2 heteroatoms. The first-order chi connectivity index (χ1) is 7.84. The number of para-hydroxylation sites is 1. The van der Waals surface area contributed by atoms with Gasteiger partial charge in [0.1, 0.15) is 5.75 Å². The van der Waals surface area contributed by atoms with Crippen LogP contribution in [0.4, 0.5) is 0 Å². The van der Waals surface area contributed by atoms with Gasteiger partial charge in [-0.15, -0.1) is 0 Å². The summed E-state index contributed by atoms with van der Waals surface area (Å²) in [5.41, 5.74) is 1.06. The zero-order valence-corrected chi connectivity index (χ0v) is 10.1. The molecule has 1 N–H and O–H groups in total. The summed E-state index contributed by atoms with van der Waals surface area (Å²) in [6.45, 7) is 3.73. The molecule has 0 spiro atoms. The van der Waals surface area contributed by atoms with E-state index in [-0.39, 0.29) is 0 Å². The van der Waals surface area contributed by atoms with Crippen LogP contribution in [0.5, 0.6) is 5.75 Å². The molecule has 0 fully saturated rings. The van der Waals surface area contributed by atoms with Gasteiger partial charge in [-0.25, -0.2) is 0 Å². The van der Waals surface area contributed by atoms with Crippen molar-refractivity contribution in [1.82, 2.24) is 0 Å². The molecule has 0 atom stereocenters. The Morgan fingerprint density at radius 1 is 1.06 bits per heavy atom. The van der Waals surface area contributed by atoms with Crippen molar-refractivity contribution in [2.45, 2.75) is 39.0 Å². The van der Waals surface area contributed by atoms with Gasteiger partial charge in [0.15, 0.2) is 0 Å². The van der Waals surface area contributed by atoms with Crippen molar-refractivity contribution in [3.63, 3.8) is 0 Å². The lowest BCUT2D eigenvalue weighted by Crippen LogP contribution is -1.93. The topological polar surface area (TPSA) is 29.5 Å². The molecule has 0 amide bonds. The fourth-order valence-electron chi connectivity index (χ4n) is 1.74. The normalized spacial score (nSPS) is 10.6. The second kappa shape index (κ2) is 8.17. The summed E-state index contributed by atoms with van der Waals surface area (Å²) in [6, 6.07) is 7.59. The maximum atomic E-state index is 9.56. The summed E-state index contributed by atoms with van der Waals surface area (Å²) < 4.78 is 5.28. The number of phenols is 1. The van der Waals surface area contributed by atoms with Crippen LogP contribution in [0.15, 0.2) is 24.3 Å². The quantitative estimate of drug-likeness (QED) is 0.682. The van der Waals surface area contributed by atoms with E-state index in [1.165, 1.54) is 12.8 Å². The van der Waals surface area contributed by atoms with Crippen LogP contribution in [-0.2, 0) is 11.2 Å². The average Bonchev–Trinajstić information content (AvgIpc) is 2.30. The predicted octanol–water partition coefficient (Wildman–Crippen LogP) is 3.53. The molecular weight excluding hydrogens is 200 g/mol. The highest BCUT2D eigenvalue weighted by molar-refractivity contribution is 5.31. The molecule has 0 saturated carbocycles. The molecular formula is C14H22O2. The van der Waals surface area contributed by atoms with E-state index in [0.29, 0.717) is 5.75 Å². The van der Waals surface area contributed by atoms with Gasteiger partial charge in [0.2, 0.25) is 0 Å². The highest BCUT2D eigenvalue weighted by Crippen LogP contribution is 2.18. The number of aryl methyl sites for hydroxylation is 1. The molecule has 0 aromatic heterocycles. The van der Waals surface area contributed by atoms with Crippen molar-refractivity contribution in [3.05, 3.63) is 29.8 Å². The number of ether oxygens (including phenoxy) is 1. The maximum absolute atomic E-state index is 9.56. The number of phenolic OH excluding ortho intramolecular Hbond substituents is 1. The first kappa shape index (κ1) is 13.0. The van der Waals surface area contributed by atoms with Crippen LogP contribution in [0.1, 0.15) is 38.2 Å². The minimum absolute atomic E-state index is 0.428. The number of rotatable bonds is 8. The van der Waals surface area contributed by atoms with Crippen molar-refractivity contribution < 1.29 is 9.84 Å². The Hall–Kier alpha value is -1.02. The first-order valence-electron chi connectivity index (χ1n) is 6.19. The lowest BCUT2D eigenvalue weighted by molar-refractivity contribution is 0.143. The Balaban J connectivity index is 2.05. The number of unbranched alkanes of at least 4 members (excludes halogenated alkanes) is 3. The predicted molar refractivity (Wildman–Crippen MR) is 66.8 cm³/mol. The van der Waals surface area contributed by atoms with E-state index < -0.39 is 0 Å². The number of benzene rings is 1. The van der Waals surface area contributed by atoms with Crippen LogP contribution in [-0.4, -0.2) is 18.3 Å². The van der Waals surface area contributed by atoms with Crippen molar-refractivity contribution in [3.8, 4) is 5.75 Å². The summed E-state index contributed by atoms with van der Waals surface area (Å²) in [6.07, 6.45) is 5.69. The average molecular weight is 222 g/mol. The Morgan fingerprint density at radius 3 is 2.56 bits per heavy atom. The second-order valence-electron chi connectivity index (χ2n) is 3.99. The number of hydrogen-bond acceptors (Lipinski definition) is 2. The highest BCUT2D eigenvalue weighted by atomic mass is 16.5. The largest absolute Gasteiger partial charge is 0.508 e. The molecule has 0 radical (unpaired) electrons. The third-order valence-corrected chi connectivity index (χ3v) is 2.68. The summed E-state index contributed by atoms with van der Waals surface area (Å²) in [5, 5.41) is 9.56. The molecule has 0 bridgehead atoms. The van der Waals surface area contributed by atoms with Crippen molar-refractivity contribution in [2.24, 2.45) is 0 Å². The molecule has 90 valence electrons. The van der Waals surface area contributed by atoms with Gasteiger partial charge in [-0.2, -0.15) is 0 Å². The minimum Gasteiger partial charge on any atom is -0.508 e. The van der Waals surface area contributed by atoms with E-state index in [1.807, 2.05) is 25.1 Å². The van der Waals surface area contributed by atoms with Gasteiger partial charge in [0, 0.05) is 13.2 Å². The minimum atomic E-state index is 0.428. The Bertz CT molecular complexity index is 284. The van der Waals surface area contributed by atoms with Gasteiger partial charge < -0.3 is 9.84 Å². The van der Waals surface area contributed by atoms with Crippen molar-refractivity contribution in [2.75, 3.05) is 13.2 Å². The molecule has 1 rings (SSSR count). The van der Waals surface area contributed by atoms with Crippen molar-refractivity contribution in [1.29, 1.82) is 0 Å². The summed E-state index contributed by atoms with van der Waals surface area (Å²) in [7, 11) is 0. The van der Waals surface area contributed by atoms with Crippen LogP contribution in [0.3, 0.4) is 0 Å². The van der Waals surface area contributed by atoms with Gasteiger partial charge >= 0.3 is 0 Å². The third kappa shape index (κ3) is 5.17. The molecule has 0 heterocycles. The van der Waals surface area contributed by atoms with E-state index in [0.717, 1.165) is 38.0 Å². The zero-order valence-electron chi connectivity index (χ0n) is 10.1. The van der Waals surface area contributed by atoms with Crippen LogP contribution in [0, 0.1) is 0 Å². The first-order valence-corrected chi connectivity index (χ1v) is 6.19. The molecule has 0 saturated heterocycles. The molecule has 2 nitrogen and oxygen atoms in total. The van der Waals surface area contributed by atoms with Gasteiger partial charge in [-0.05, 0) is 37.8 Å². The van der Waals surface area contributed by atoms with Gasteiger partial charge in [0.25, 0.3) is 0 Å². The van der Waals surface area contributed by atoms with E-state index in [2.05, 4.69) is 0 Å². The molecule has 0 aliphatic carbocycles. The van der Waals surface area contributed by atoms with Gasteiger partial charge in [-0.3, -0.25) is 0 Å². The SMILES string of the molecule is CCOCCCCCCc1ccccc1O. The van der Waals surface area contributed by atoms with Crippen LogP contribution < -0.4 is 0 Å². The summed E-state index contributed by atoms with van der Waals surface area (Å²) in [5.74, 6) is 0.428. The molecule has 1 aromatic carbocycles. The van der Waals surface area contributed by atoms with Crippen LogP contribution >= 0.6 is 0 Å². The fraction of sp³-hybridized carbons (Fsp3) is 0.571. The number of aromatic hydroxyl groups is 1.